The van der Waals surface area contributed by atoms with Crippen LogP contribution in [0.3, 0.4) is 0 Å². The van der Waals surface area contributed by atoms with Crippen molar-refractivity contribution in [3.8, 4) is 0 Å². The number of benzene rings is 1. The molecule has 1 aromatic rings. The topological polar surface area (TPSA) is 49.3 Å². The standard InChI is InChI=1S/C15H20FNO2S/c16-12-3-7-14(8-4-12)20-10-9-17-13-5-1-11(2-6-13)15(18)19/h3-4,7-8,11,13,17H,1-2,5-6,9-10H2,(H,18,19). The molecule has 0 aromatic heterocycles. The molecule has 0 aliphatic heterocycles. The van der Waals surface area contributed by atoms with Gasteiger partial charge in [0.25, 0.3) is 0 Å². The van der Waals surface area contributed by atoms with Gasteiger partial charge in [0.2, 0.25) is 0 Å². The van der Waals surface area contributed by atoms with E-state index >= 15 is 0 Å². The van der Waals surface area contributed by atoms with Gasteiger partial charge < -0.3 is 10.4 Å². The van der Waals surface area contributed by atoms with Crippen LogP contribution in [0.5, 0.6) is 0 Å². The quantitative estimate of drug-likeness (QED) is 0.625. The van der Waals surface area contributed by atoms with Crippen molar-refractivity contribution >= 4 is 17.7 Å². The van der Waals surface area contributed by atoms with Gasteiger partial charge in [-0.05, 0) is 49.9 Å². The van der Waals surface area contributed by atoms with Gasteiger partial charge in [-0.15, -0.1) is 11.8 Å². The fourth-order valence-corrected chi connectivity index (χ4v) is 3.29. The Morgan fingerprint density at radius 2 is 1.90 bits per heavy atom. The molecule has 2 rings (SSSR count). The molecule has 0 radical (unpaired) electrons. The summed E-state index contributed by atoms with van der Waals surface area (Å²) in [5.74, 6) is -0.0792. The van der Waals surface area contributed by atoms with Crippen molar-refractivity contribution in [1.29, 1.82) is 0 Å². The highest BCUT2D eigenvalue weighted by Gasteiger charge is 2.25. The van der Waals surface area contributed by atoms with Crippen LogP contribution in [0, 0.1) is 11.7 Å². The molecule has 1 aromatic carbocycles. The summed E-state index contributed by atoms with van der Waals surface area (Å²) in [6, 6.07) is 6.97. The maximum absolute atomic E-state index is 12.7. The zero-order chi connectivity index (χ0) is 14.4. The summed E-state index contributed by atoms with van der Waals surface area (Å²) in [6.45, 7) is 0.893. The molecule has 0 saturated heterocycles. The molecular formula is C15H20FNO2S. The minimum atomic E-state index is -0.657. The molecule has 3 nitrogen and oxygen atoms in total. The number of aliphatic carboxylic acids is 1. The molecule has 0 spiro atoms. The number of halogens is 1. The monoisotopic (exact) mass is 297 g/mol. The molecule has 1 aliphatic rings. The SMILES string of the molecule is O=C(O)C1CCC(NCCSc2ccc(F)cc2)CC1. The molecule has 20 heavy (non-hydrogen) atoms. The van der Waals surface area contributed by atoms with Gasteiger partial charge in [0.05, 0.1) is 5.92 Å². The van der Waals surface area contributed by atoms with E-state index in [4.69, 9.17) is 5.11 Å². The molecular weight excluding hydrogens is 277 g/mol. The summed E-state index contributed by atoms with van der Waals surface area (Å²) < 4.78 is 12.7. The lowest BCUT2D eigenvalue weighted by atomic mass is 9.86. The van der Waals surface area contributed by atoms with E-state index in [1.54, 1.807) is 23.9 Å². The van der Waals surface area contributed by atoms with Crippen molar-refractivity contribution < 1.29 is 14.3 Å². The predicted molar refractivity (Wildman–Crippen MR) is 78.5 cm³/mol. The van der Waals surface area contributed by atoms with Gasteiger partial charge in [0, 0.05) is 23.2 Å². The maximum Gasteiger partial charge on any atom is 0.306 e. The smallest absolute Gasteiger partial charge is 0.306 e. The first-order chi connectivity index (χ1) is 9.65. The first kappa shape index (κ1) is 15.3. The molecule has 0 bridgehead atoms. The van der Waals surface area contributed by atoms with E-state index in [1.807, 2.05) is 0 Å². The highest BCUT2D eigenvalue weighted by atomic mass is 32.2. The lowest BCUT2D eigenvalue weighted by Gasteiger charge is -2.26. The Bertz CT molecular complexity index is 430. The van der Waals surface area contributed by atoms with E-state index in [0.29, 0.717) is 6.04 Å². The van der Waals surface area contributed by atoms with E-state index in [-0.39, 0.29) is 11.7 Å². The van der Waals surface area contributed by atoms with Crippen molar-refractivity contribution in [2.24, 2.45) is 5.92 Å². The second kappa shape index (κ2) is 7.64. The minimum absolute atomic E-state index is 0.151. The molecule has 0 amide bonds. The van der Waals surface area contributed by atoms with E-state index in [2.05, 4.69) is 5.32 Å². The molecule has 0 atom stereocenters. The predicted octanol–water partition coefficient (Wildman–Crippen LogP) is 3.15. The van der Waals surface area contributed by atoms with Crippen LogP contribution in [-0.4, -0.2) is 29.4 Å². The van der Waals surface area contributed by atoms with Crippen LogP contribution in [0.1, 0.15) is 25.7 Å². The zero-order valence-corrected chi connectivity index (χ0v) is 12.2. The number of nitrogens with one attached hydrogen (secondary N) is 1. The highest BCUT2D eigenvalue weighted by Crippen LogP contribution is 2.24. The lowest BCUT2D eigenvalue weighted by molar-refractivity contribution is -0.142. The minimum Gasteiger partial charge on any atom is -0.481 e. The molecule has 0 unspecified atom stereocenters. The molecule has 5 heteroatoms. The van der Waals surface area contributed by atoms with Crippen LogP contribution in [-0.2, 0) is 4.79 Å². The summed E-state index contributed by atoms with van der Waals surface area (Å²) in [7, 11) is 0. The highest BCUT2D eigenvalue weighted by molar-refractivity contribution is 7.99. The number of carboxylic acid groups (broad SMARTS) is 1. The first-order valence-electron chi connectivity index (χ1n) is 6.99. The normalized spacial score (nSPS) is 22.6. The van der Waals surface area contributed by atoms with Gasteiger partial charge in [-0.3, -0.25) is 4.79 Å². The third-order valence-corrected chi connectivity index (χ3v) is 4.71. The third-order valence-electron chi connectivity index (χ3n) is 3.69. The van der Waals surface area contributed by atoms with Gasteiger partial charge in [-0.2, -0.15) is 0 Å². The summed E-state index contributed by atoms with van der Waals surface area (Å²) >= 11 is 1.70. The van der Waals surface area contributed by atoms with Gasteiger partial charge >= 0.3 is 5.97 Å². The van der Waals surface area contributed by atoms with E-state index in [9.17, 15) is 9.18 Å². The van der Waals surface area contributed by atoms with Gasteiger partial charge in [0.1, 0.15) is 5.82 Å². The summed E-state index contributed by atoms with van der Waals surface area (Å²) in [5.41, 5.74) is 0. The fraction of sp³-hybridized carbons (Fsp3) is 0.533. The third kappa shape index (κ3) is 4.80. The van der Waals surface area contributed by atoms with E-state index in [1.165, 1.54) is 12.1 Å². The van der Waals surface area contributed by atoms with Gasteiger partial charge in [0.15, 0.2) is 0 Å². The van der Waals surface area contributed by atoms with Crippen molar-refractivity contribution in [3.63, 3.8) is 0 Å². The van der Waals surface area contributed by atoms with Crippen LogP contribution in [0.2, 0.25) is 0 Å². The van der Waals surface area contributed by atoms with Crippen LogP contribution in [0.4, 0.5) is 4.39 Å². The summed E-state index contributed by atoms with van der Waals surface area (Å²) in [6.07, 6.45) is 3.44. The fourth-order valence-electron chi connectivity index (χ4n) is 2.51. The van der Waals surface area contributed by atoms with Gasteiger partial charge in [-0.1, -0.05) is 0 Å². The molecule has 0 heterocycles. The van der Waals surface area contributed by atoms with Crippen LogP contribution < -0.4 is 5.32 Å². The van der Waals surface area contributed by atoms with Crippen molar-refractivity contribution in [2.75, 3.05) is 12.3 Å². The zero-order valence-electron chi connectivity index (χ0n) is 11.3. The molecule has 110 valence electrons. The van der Waals surface area contributed by atoms with Crippen molar-refractivity contribution in [3.05, 3.63) is 30.1 Å². The number of thioether (sulfide) groups is 1. The Morgan fingerprint density at radius 3 is 2.50 bits per heavy atom. The van der Waals surface area contributed by atoms with E-state index < -0.39 is 5.97 Å². The largest absolute Gasteiger partial charge is 0.481 e. The van der Waals surface area contributed by atoms with Crippen molar-refractivity contribution in [2.45, 2.75) is 36.6 Å². The number of rotatable bonds is 6. The Hall–Kier alpha value is -1.07. The Labute approximate surface area is 123 Å². The molecule has 1 saturated carbocycles. The first-order valence-corrected chi connectivity index (χ1v) is 7.98. The number of hydrogen-bond donors (Lipinski definition) is 2. The Balaban J connectivity index is 1.60. The van der Waals surface area contributed by atoms with Crippen molar-refractivity contribution in [1.82, 2.24) is 5.32 Å². The van der Waals surface area contributed by atoms with Gasteiger partial charge in [-0.25, -0.2) is 4.39 Å². The second-order valence-electron chi connectivity index (χ2n) is 5.14. The second-order valence-corrected chi connectivity index (χ2v) is 6.31. The van der Waals surface area contributed by atoms with Crippen LogP contribution >= 0.6 is 11.8 Å². The van der Waals surface area contributed by atoms with Crippen LogP contribution in [0.25, 0.3) is 0 Å². The Morgan fingerprint density at radius 1 is 1.25 bits per heavy atom. The molecule has 1 aliphatic carbocycles. The number of carboxylic acids is 1. The molecule has 1 fully saturated rings. The average molecular weight is 297 g/mol. The average Bonchev–Trinajstić information content (AvgIpc) is 2.46. The van der Waals surface area contributed by atoms with E-state index in [0.717, 1.165) is 42.9 Å². The van der Waals surface area contributed by atoms with Crippen LogP contribution in [0.15, 0.2) is 29.2 Å². The molecule has 2 N–H and O–H groups in total. The summed E-state index contributed by atoms with van der Waals surface area (Å²) in [5, 5.41) is 12.4. The lowest BCUT2D eigenvalue weighted by Crippen LogP contribution is -2.36. The summed E-state index contributed by atoms with van der Waals surface area (Å²) in [4.78, 5) is 11.9. The maximum atomic E-state index is 12.7. The Kier molecular flexibility index (Phi) is 5.86. The number of carbonyl (C=O) groups is 1. The number of hydrogen-bond acceptors (Lipinski definition) is 3.